The van der Waals surface area contributed by atoms with Crippen LogP contribution in [0.4, 0.5) is 11.4 Å². The quantitative estimate of drug-likeness (QED) is 0.687. The van der Waals surface area contributed by atoms with Crippen molar-refractivity contribution in [2.45, 2.75) is 62.8 Å². The normalized spacial score (nSPS) is 23.0. The van der Waals surface area contributed by atoms with E-state index >= 15 is 0 Å². The number of nitrogens with zero attached hydrogens (tertiary/aromatic N) is 2. The smallest absolute Gasteiger partial charge is 0.243 e. The maximum absolute atomic E-state index is 13.1. The molecule has 1 aliphatic heterocycles. The van der Waals surface area contributed by atoms with Crippen molar-refractivity contribution in [2.24, 2.45) is 5.92 Å². The van der Waals surface area contributed by atoms with E-state index in [0.29, 0.717) is 24.7 Å². The van der Waals surface area contributed by atoms with Gasteiger partial charge >= 0.3 is 0 Å². The molecule has 1 amide bonds. The number of piperidine rings is 1. The summed E-state index contributed by atoms with van der Waals surface area (Å²) in [4.78, 5) is 14.7. The van der Waals surface area contributed by atoms with Crippen LogP contribution in [0.2, 0.25) is 0 Å². The third kappa shape index (κ3) is 5.46. The van der Waals surface area contributed by atoms with E-state index in [1.54, 1.807) is 22.5 Å². The Kier molecular flexibility index (Phi) is 7.63. The third-order valence-electron chi connectivity index (χ3n) is 6.30. The lowest BCUT2D eigenvalue weighted by atomic mass is 9.86. The van der Waals surface area contributed by atoms with Crippen LogP contribution in [0.1, 0.15) is 51.9 Å². The highest BCUT2D eigenvalue weighted by Crippen LogP contribution is 2.30. The number of amides is 1. The first-order valence-corrected chi connectivity index (χ1v) is 12.6. The molecule has 1 aromatic carbocycles. The lowest BCUT2D eigenvalue weighted by molar-refractivity contribution is -0.120. The lowest BCUT2D eigenvalue weighted by Crippen LogP contribution is -2.43. The molecule has 2 N–H and O–H groups in total. The topological polar surface area (TPSA) is 81.8 Å². The van der Waals surface area contributed by atoms with Crippen molar-refractivity contribution < 1.29 is 13.2 Å². The molecule has 1 aliphatic carbocycles. The van der Waals surface area contributed by atoms with Crippen LogP contribution < -0.4 is 15.5 Å². The average Bonchev–Trinajstić information content (AvgIpc) is 2.74. The summed E-state index contributed by atoms with van der Waals surface area (Å²) in [6.07, 6.45) is 7.45. The maximum atomic E-state index is 13.1. The SMILES string of the molecule is CC1CCCCC1NC(=O)CNc1cc(S(=O)(=O)N2CCCCC2)ccc1N(C)C. The summed E-state index contributed by atoms with van der Waals surface area (Å²) >= 11 is 0. The Labute approximate surface area is 181 Å². The monoisotopic (exact) mass is 436 g/mol. The van der Waals surface area contributed by atoms with Crippen molar-refractivity contribution in [3.8, 4) is 0 Å². The van der Waals surface area contributed by atoms with Crippen LogP contribution in [0, 0.1) is 5.92 Å². The number of rotatable bonds is 7. The van der Waals surface area contributed by atoms with Gasteiger partial charge in [0.2, 0.25) is 15.9 Å². The molecule has 1 saturated carbocycles. The van der Waals surface area contributed by atoms with Gasteiger partial charge in [-0.1, -0.05) is 26.2 Å². The van der Waals surface area contributed by atoms with Crippen molar-refractivity contribution in [3.05, 3.63) is 18.2 Å². The number of hydrogen-bond acceptors (Lipinski definition) is 5. The zero-order valence-electron chi connectivity index (χ0n) is 18.5. The molecule has 2 unspecified atom stereocenters. The Morgan fingerprint density at radius 3 is 2.47 bits per heavy atom. The lowest BCUT2D eigenvalue weighted by Gasteiger charge is -2.29. The van der Waals surface area contributed by atoms with Crippen LogP contribution in [-0.2, 0) is 14.8 Å². The summed E-state index contributed by atoms with van der Waals surface area (Å²) in [5.41, 5.74) is 1.51. The van der Waals surface area contributed by atoms with Crippen molar-refractivity contribution in [2.75, 3.05) is 43.9 Å². The molecule has 3 rings (SSSR count). The number of nitrogens with one attached hydrogen (secondary N) is 2. The van der Waals surface area contributed by atoms with Gasteiger partial charge in [0, 0.05) is 33.2 Å². The number of carbonyl (C=O) groups excluding carboxylic acids is 1. The first kappa shape index (κ1) is 22.9. The number of hydrogen-bond donors (Lipinski definition) is 2. The van der Waals surface area contributed by atoms with E-state index in [2.05, 4.69) is 17.6 Å². The van der Waals surface area contributed by atoms with E-state index in [9.17, 15) is 13.2 Å². The number of carbonyl (C=O) groups is 1. The van der Waals surface area contributed by atoms with Gasteiger partial charge in [0.25, 0.3) is 0 Å². The second kappa shape index (κ2) is 10.0. The molecule has 168 valence electrons. The first-order valence-electron chi connectivity index (χ1n) is 11.1. The summed E-state index contributed by atoms with van der Waals surface area (Å²) < 4.78 is 27.7. The van der Waals surface area contributed by atoms with Crippen LogP contribution >= 0.6 is 0 Å². The second-order valence-electron chi connectivity index (χ2n) is 8.83. The molecule has 1 heterocycles. The van der Waals surface area contributed by atoms with E-state index < -0.39 is 10.0 Å². The molecule has 0 spiro atoms. The van der Waals surface area contributed by atoms with Crippen molar-refractivity contribution in [1.29, 1.82) is 0 Å². The van der Waals surface area contributed by atoms with E-state index in [0.717, 1.165) is 44.2 Å². The molecule has 0 bridgehead atoms. The van der Waals surface area contributed by atoms with Gasteiger partial charge in [-0.2, -0.15) is 4.31 Å². The molecule has 0 aromatic heterocycles. The molecule has 1 aromatic rings. The zero-order chi connectivity index (χ0) is 21.7. The predicted molar refractivity (Wildman–Crippen MR) is 121 cm³/mol. The van der Waals surface area contributed by atoms with Gasteiger partial charge in [-0.25, -0.2) is 8.42 Å². The Balaban J connectivity index is 1.72. The molecule has 8 heteroatoms. The van der Waals surface area contributed by atoms with Crippen molar-refractivity contribution in [3.63, 3.8) is 0 Å². The second-order valence-corrected chi connectivity index (χ2v) is 10.8. The number of benzene rings is 1. The van der Waals surface area contributed by atoms with Crippen molar-refractivity contribution >= 4 is 27.3 Å². The minimum atomic E-state index is -3.52. The standard InChI is InChI=1S/C22H36N4O3S/c1-17-9-5-6-10-19(17)24-22(27)16-23-20-15-18(11-12-21(20)25(2)3)30(28,29)26-13-7-4-8-14-26/h11-12,15,17,19,23H,4-10,13-14,16H2,1-3H3,(H,24,27). The minimum Gasteiger partial charge on any atom is -0.376 e. The van der Waals surface area contributed by atoms with Crippen LogP contribution in [0.25, 0.3) is 0 Å². The third-order valence-corrected chi connectivity index (χ3v) is 8.19. The Bertz CT molecular complexity index is 835. The predicted octanol–water partition coefficient (Wildman–Crippen LogP) is 3.03. The summed E-state index contributed by atoms with van der Waals surface area (Å²) in [5.74, 6) is 0.445. The fraction of sp³-hybridized carbons (Fsp3) is 0.682. The molecular weight excluding hydrogens is 400 g/mol. The molecule has 2 atom stereocenters. The molecule has 7 nitrogen and oxygen atoms in total. The van der Waals surface area contributed by atoms with Gasteiger partial charge in [-0.15, -0.1) is 0 Å². The van der Waals surface area contributed by atoms with Crippen LogP contribution in [0.3, 0.4) is 0 Å². The molecule has 2 fully saturated rings. The highest BCUT2D eigenvalue weighted by Gasteiger charge is 2.27. The van der Waals surface area contributed by atoms with Gasteiger partial charge in [-0.05, 0) is 49.8 Å². The van der Waals surface area contributed by atoms with Crippen LogP contribution in [0.5, 0.6) is 0 Å². The summed E-state index contributed by atoms with van der Waals surface area (Å²) in [6.45, 7) is 3.46. The number of anilines is 2. The van der Waals surface area contributed by atoms with Gasteiger partial charge in [0.05, 0.1) is 22.8 Å². The van der Waals surface area contributed by atoms with E-state index in [-0.39, 0.29) is 23.4 Å². The van der Waals surface area contributed by atoms with Gasteiger partial charge < -0.3 is 15.5 Å². The Morgan fingerprint density at radius 1 is 1.10 bits per heavy atom. The van der Waals surface area contributed by atoms with E-state index in [1.807, 2.05) is 19.0 Å². The van der Waals surface area contributed by atoms with Gasteiger partial charge in [0.15, 0.2) is 0 Å². The highest BCUT2D eigenvalue weighted by atomic mass is 32.2. The van der Waals surface area contributed by atoms with Gasteiger partial charge in [-0.3, -0.25) is 4.79 Å². The first-order chi connectivity index (χ1) is 14.3. The fourth-order valence-electron chi connectivity index (χ4n) is 4.43. The van der Waals surface area contributed by atoms with E-state index in [4.69, 9.17) is 0 Å². The summed E-state index contributed by atoms with van der Waals surface area (Å²) in [5, 5.41) is 6.32. The minimum absolute atomic E-state index is 0.0530. The Morgan fingerprint density at radius 2 is 1.80 bits per heavy atom. The highest BCUT2D eigenvalue weighted by molar-refractivity contribution is 7.89. The Hall–Kier alpha value is -1.80. The molecular formula is C22H36N4O3S. The molecule has 30 heavy (non-hydrogen) atoms. The summed E-state index contributed by atoms with van der Waals surface area (Å²) in [7, 11) is 0.290. The number of sulfonamides is 1. The molecule has 0 radical (unpaired) electrons. The fourth-order valence-corrected chi connectivity index (χ4v) is 5.97. The van der Waals surface area contributed by atoms with E-state index in [1.165, 1.54) is 6.42 Å². The average molecular weight is 437 g/mol. The zero-order valence-corrected chi connectivity index (χ0v) is 19.3. The van der Waals surface area contributed by atoms with Gasteiger partial charge in [0.1, 0.15) is 0 Å². The molecule has 2 aliphatic rings. The molecule has 1 saturated heterocycles. The summed E-state index contributed by atoms with van der Waals surface area (Å²) in [6, 6.07) is 5.36. The van der Waals surface area contributed by atoms with Crippen LogP contribution in [0.15, 0.2) is 23.1 Å². The van der Waals surface area contributed by atoms with Crippen LogP contribution in [-0.4, -0.2) is 58.4 Å². The van der Waals surface area contributed by atoms with Crippen molar-refractivity contribution in [1.82, 2.24) is 9.62 Å². The maximum Gasteiger partial charge on any atom is 0.243 e. The largest absolute Gasteiger partial charge is 0.376 e.